The SMILES string of the molecule is COc1ccccc1C1C2=C(CC(C)(C)CC2=O)Nc2ccccc2N1CC(=O)NCCSCc1nc[nH]c1C. The molecule has 9 heteroatoms. The van der Waals surface area contributed by atoms with Gasteiger partial charge in [0.25, 0.3) is 0 Å². The number of amides is 1. The van der Waals surface area contributed by atoms with Crippen molar-refractivity contribution in [2.75, 3.05) is 36.2 Å². The van der Waals surface area contributed by atoms with Crippen LogP contribution in [0.25, 0.3) is 0 Å². The molecule has 1 aliphatic carbocycles. The van der Waals surface area contributed by atoms with Crippen LogP contribution in [0.3, 0.4) is 0 Å². The molecule has 3 N–H and O–H groups in total. The summed E-state index contributed by atoms with van der Waals surface area (Å²) in [5.41, 5.74) is 6.18. The molecule has 0 bridgehead atoms. The van der Waals surface area contributed by atoms with Gasteiger partial charge in [-0.05, 0) is 37.0 Å². The van der Waals surface area contributed by atoms with Crippen molar-refractivity contribution in [1.82, 2.24) is 15.3 Å². The van der Waals surface area contributed by atoms with Gasteiger partial charge in [0.05, 0.1) is 43.1 Å². The van der Waals surface area contributed by atoms with E-state index in [2.05, 4.69) is 34.4 Å². The summed E-state index contributed by atoms with van der Waals surface area (Å²) in [4.78, 5) is 36.8. The van der Waals surface area contributed by atoms with Crippen molar-refractivity contribution < 1.29 is 14.3 Å². The second-order valence-corrected chi connectivity index (χ2v) is 12.2. The number of Topliss-reactive ketones (excluding diaryl/α,β-unsaturated/α-hetero) is 1. The van der Waals surface area contributed by atoms with Gasteiger partial charge in [-0.3, -0.25) is 9.59 Å². The molecule has 5 rings (SSSR count). The van der Waals surface area contributed by atoms with E-state index in [4.69, 9.17) is 4.74 Å². The Labute approximate surface area is 240 Å². The van der Waals surface area contributed by atoms with E-state index in [9.17, 15) is 9.59 Å². The Balaban J connectivity index is 1.45. The van der Waals surface area contributed by atoms with Gasteiger partial charge in [-0.1, -0.05) is 44.2 Å². The van der Waals surface area contributed by atoms with E-state index >= 15 is 0 Å². The van der Waals surface area contributed by atoms with Gasteiger partial charge in [-0.2, -0.15) is 11.8 Å². The number of anilines is 2. The molecular formula is C31H37N5O3S. The molecule has 0 saturated carbocycles. The smallest absolute Gasteiger partial charge is 0.239 e. The number of aromatic amines is 1. The molecule has 1 amide bonds. The van der Waals surface area contributed by atoms with Crippen LogP contribution in [0.15, 0.2) is 66.1 Å². The van der Waals surface area contributed by atoms with Gasteiger partial charge in [0.1, 0.15) is 5.75 Å². The number of rotatable bonds is 9. The van der Waals surface area contributed by atoms with E-state index in [1.165, 1.54) is 0 Å². The van der Waals surface area contributed by atoms with Crippen LogP contribution in [0.1, 0.15) is 49.7 Å². The zero-order chi connectivity index (χ0) is 28.3. The summed E-state index contributed by atoms with van der Waals surface area (Å²) in [6.07, 6.45) is 2.89. The van der Waals surface area contributed by atoms with Gasteiger partial charge in [0.2, 0.25) is 5.91 Å². The van der Waals surface area contributed by atoms with Crippen molar-refractivity contribution in [1.29, 1.82) is 0 Å². The number of ketones is 1. The predicted molar refractivity (Wildman–Crippen MR) is 161 cm³/mol. The number of H-pyrrole nitrogens is 1. The molecule has 2 aliphatic rings. The van der Waals surface area contributed by atoms with Crippen LogP contribution in [-0.2, 0) is 15.3 Å². The normalized spacial score (nSPS) is 17.9. The fourth-order valence-electron chi connectivity index (χ4n) is 5.62. The fourth-order valence-corrected chi connectivity index (χ4v) is 6.49. The number of aryl methyl sites for hydroxylation is 1. The number of methoxy groups -OCH3 is 1. The maximum absolute atomic E-state index is 13.9. The molecule has 2 aromatic carbocycles. The number of carbonyl (C=O) groups is 2. The van der Waals surface area contributed by atoms with Gasteiger partial charge in [0.15, 0.2) is 5.78 Å². The molecule has 2 heterocycles. The van der Waals surface area contributed by atoms with E-state index in [0.717, 1.165) is 51.9 Å². The third kappa shape index (κ3) is 5.89. The van der Waals surface area contributed by atoms with Gasteiger partial charge < -0.3 is 25.3 Å². The second kappa shape index (κ2) is 11.8. The third-order valence-corrected chi connectivity index (χ3v) is 8.46. The Morgan fingerprint density at radius 1 is 1.18 bits per heavy atom. The minimum absolute atomic E-state index is 0.0952. The van der Waals surface area contributed by atoms with E-state index < -0.39 is 6.04 Å². The van der Waals surface area contributed by atoms with E-state index in [1.54, 1.807) is 25.2 Å². The molecule has 1 atom stereocenters. The fraction of sp³-hybridized carbons (Fsp3) is 0.387. The van der Waals surface area contributed by atoms with Gasteiger partial charge in [-0.15, -0.1) is 0 Å². The number of carbonyl (C=O) groups excluding carboxylic acids is 2. The standard InChI is InChI=1S/C31H37N5O3S/c1-20-24(34-19-33-20)18-40-14-13-32-28(38)17-36-25-11-7-6-10-22(25)35-23-15-31(2,3)16-26(37)29(23)30(36)21-9-5-8-12-27(21)39-4/h5-12,19,30,35H,13-18H2,1-4H3,(H,32,38)(H,33,34). The third-order valence-electron chi connectivity index (χ3n) is 7.49. The second-order valence-electron chi connectivity index (χ2n) is 11.1. The quantitative estimate of drug-likeness (QED) is 0.302. The number of benzene rings is 2. The Morgan fingerprint density at radius 2 is 1.95 bits per heavy atom. The van der Waals surface area contributed by atoms with E-state index in [-0.39, 0.29) is 23.7 Å². The van der Waals surface area contributed by atoms with Crippen LogP contribution >= 0.6 is 11.8 Å². The summed E-state index contributed by atoms with van der Waals surface area (Å²) in [7, 11) is 1.64. The van der Waals surface area contributed by atoms with Crippen molar-refractivity contribution in [3.63, 3.8) is 0 Å². The highest BCUT2D eigenvalue weighted by molar-refractivity contribution is 7.98. The maximum Gasteiger partial charge on any atom is 0.239 e. The summed E-state index contributed by atoms with van der Waals surface area (Å²) in [6.45, 7) is 6.90. The number of ether oxygens (including phenoxy) is 1. The first-order valence-corrected chi connectivity index (χ1v) is 14.8. The summed E-state index contributed by atoms with van der Waals surface area (Å²) in [5, 5.41) is 6.69. The van der Waals surface area contributed by atoms with Gasteiger partial charge in [-0.25, -0.2) is 4.98 Å². The molecule has 40 heavy (non-hydrogen) atoms. The molecule has 0 spiro atoms. The largest absolute Gasteiger partial charge is 0.496 e. The lowest BCUT2D eigenvalue weighted by Crippen LogP contribution is -2.42. The topological polar surface area (TPSA) is 99.3 Å². The number of aromatic nitrogens is 2. The molecule has 0 fully saturated rings. The van der Waals surface area contributed by atoms with Crippen molar-refractivity contribution in [2.24, 2.45) is 5.41 Å². The first-order valence-electron chi connectivity index (χ1n) is 13.6. The number of nitrogens with one attached hydrogen (secondary N) is 3. The molecule has 0 radical (unpaired) electrons. The lowest BCUT2D eigenvalue weighted by Gasteiger charge is -2.38. The minimum Gasteiger partial charge on any atom is -0.496 e. The number of hydrogen-bond donors (Lipinski definition) is 3. The van der Waals surface area contributed by atoms with Gasteiger partial charge in [0, 0.05) is 47.0 Å². The monoisotopic (exact) mass is 559 g/mol. The zero-order valence-electron chi connectivity index (χ0n) is 23.5. The van der Waals surface area contributed by atoms with Gasteiger partial charge >= 0.3 is 0 Å². The Hall–Kier alpha value is -3.72. The highest BCUT2D eigenvalue weighted by Gasteiger charge is 2.42. The van der Waals surface area contributed by atoms with Crippen LogP contribution < -0.4 is 20.3 Å². The molecule has 1 aliphatic heterocycles. The number of imidazole rings is 1. The van der Waals surface area contributed by atoms with Crippen LogP contribution in [0.2, 0.25) is 0 Å². The molecule has 1 unspecified atom stereocenters. The molecule has 8 nitrogen and oxygen atoms in total. The van der Waals surface area contributed by atoms with Crippen LogP contribution in [-0.4, -0.2) is 47.6 Å². The minimum atomic E-state index is -0.478. The number of thioether (sulfide) groups is 1. The highest BCUT2D eigenvalue weighted by Crippen LogP contribution is 2.49. The zero-order valence-corrected chi connectivity index (χ0v) is 24.4. The van der Waals surface area contributed by atoms with Crippen molar-refractivity contribution in [2.45, 2.75) is 45.4 Å². The summed E-state index contributed by atoms with van der Waals surface area (Å²) >= 11 is 1.73. The lowest BCUT2D eigenvalue weighted by molar-refractivity contribution is -0.120. The molecule has 1 aromatic heterocycles. The lowest BCUT2D eigenvalue weighted by atomic mass is 9.73. The highest BCUT2D eigenvalue weighted by atomic mass is 32.2. The van der Waals surface area contributed by atoms with Crippen LogP contribution in [0.5, 0.6) is 5.75 Å². The summed E-state index contributed by atoms with van der Waals surface area (Å²) in [6, 6.07) is 15.3. The number of para-hydroxylation sites is 3. The first-order chi connectivity index (χ1) is 19.3. The van der Waals surface area contributed by atoms with Crippen molar-refractivity contribution in [3.8, 4) is 5.75 Å². The van der Waals surface area contributed by atoms with E-state index in [0.29, 0.717) is 24.3 Å². The molecular weight excluding hydrogens is 522 g/mol. The average Bonchev–Trinajstić information content (AvgIpc) is 3.27. The Morgan fingerprint density at radius 3 is 2.73 bits per heavy atom. The predicted octanol–water partition coefficient (Wildman–Crippen LogP) is 5.39. The molecule has 0 saturated heterocycles. The van der Waals surface area contributed by atoms with Crippen LogP contribution in [0, 0.1) is 12.3 Å². The van der Waals surface area contributed by atoms with Crippen molar-refractivity contribution in [3.05, 3.63) is 83.1 Å². The summed E-state index contributed by atoms with van der Waals surface area (Å²) in [5.74, 6) is 2.25. The Kier molecular flexibility index (Phi) is 8.21. The maximum atomic E-state index is 13.9. The number of nitrogens with zero attached hydrogens (tertiary/aromatic N) is 2. The number of fused-ring (bicyclic) bond motifs is 1. The van der Waals surface area contributed by atoms with Crippen LogP contribution in [0.4, 0.5) is 11.4 Å². The Bertz CT molecular complexity index is 1430. The van der Waals surface area contributed by atoms with Crippen molar-refractivity contribution >= 4 is 34.8 Å². The summed E-state index contributed by atoms with van der Waals surface area (Å²) < 4.78 is 5.78. The molecule has 210 valence electrons. The first kappa shape index (κ1) is 27.8. The average molecular weight is 560 g/mol. The number of allylic oxidation sites excluding steroid dienone is 1. The number of hydrogen-bond acceptors (Lipinski definition) is 7. The molecule has 3 aromatic rings. The van der Waals surface area contributed by atoms with E-state index in [1.807, 2.05) is 60.4 Å².